The Morgan fingerprint density at radius 2 is 1.96 bits per heavy atom. The van der Waals surface area contributed by atoms with Crippen molar-refractivity contribution in [3.63, 3.8) is 0 Å². The number of benzene rings is 1. The number of hydrogen-bond acceptors (Lipinski definition) is 3. The van der Waals surface area contributed by atoms with E-state index in [0.29, 0.717) is 12.8 Å². The standard InChI is InChI=1S/C17H25N3O2.ClH/c1-13-4-6-14(7-5-13)8-9-16(21)19-12-17(22)20-15-3-2-10-18-11-15;/h4-7,15,18H,2-3,8-12H2,1H3,(H,19,21)(H,20,22);1H/t15-;/m0./s1. The molecule has 6 heteroatoms. The van der Waals surface area contributed by atoms with Gasteiger partial charge in [-0.3, -0.25) is 9.59 Å². The molecule has 1 heterocycles. The molecule has 0 saturated carbocycles. The molecule has 1 aliphatic rings. The third kappa shape index (κ3) is 7.48. The van der Waals surface area contributed by atoms with Gasteiger partial charge in [-0.25, -0.2) is 0 Å². The van der Waals surface area contributed by atoms with E-state index >= 15 is 0 Å². The van der Waals surface area contributed by atoms with Crippen LogP contribution in [0.3, 0.4) is 0 Å². The molecule has 0 bridgehead atoms. The van der Waals surface area contributed by atoms with Crippen LogP contribution in [0.4, 0.5) is 0 Å². The molecule has 1 saturated heterocycles. The van der Waals surface area contributed by atoms with Crippen molar-refractivity contribution >= 4 is 24.2 Å². The van der Waals surface area contributed by atoms with Crippen LogP contribution in [0, 0.1) is 6.92 Å². The number of rotatable bonds is 6. The molecular weight excluding hydrogens is 314 g/mol. The van der Waals surface area contributed by atoms with Crippen molar-refractivity contribution in [3.05, 3.63) is 35.4 Å². The van der Waals surface area contributed by atoms with Crippen LogP contribution in [0.1, 0.15) is 30.4 Å². The number of hydrogen-bond donors (Lipinski definition) is 3. The van der Waals surface area contributed by atoms with Gasteiger partial charge >= 0.3 is 0 Å². The van der Waals surface area contributed by atoms with Crippen molar-refractivity contribution in [1.82, 2.24) is 16.0 Å². The first-order valence-corrected chi connectivity index (χ1v) is 7.96. The Bertz CT molecular complexity index is 499. The highest BCUT2D eigenvalue weighted by Gasteiger charge is 2.15. The lowest BCUT2D eigenvalue weighted by atomic mass is 10.1. The van der Waals surface area contributed by atoms with E-state index in [0.717, 1.165) is 31.5 Å². The molecule has 1 aromatic rings. The minimum absolute atomic E-state index is 0. The van der Waals surface area contributed by atoms with Gasteiger partial charge in [-0.2, -0.15) is 0 Å². The molecule has 1 aromatic carbocycles. The summed E-state index contributed by atoms with van der Waals surface area (Å²) in [4.78, 5) is 23.6. The number of piperidine rings is 1. The van der Waals surface area contributed by atoms with Crippen molar-refractivity contribution in [2.24, 2.45) is 0 Å². The zero-order valence-corrected chi connectivity index (χ0v) is 14.4. The van der Waals surface area contributed by atoms with Gasteiger partial charge in [-0.1, -0.05) is 29.8 Å². The van der Waals surface area contributed by atoms with Gasteiger partial charge in [0.15, 0.2) is 0 Å². The summed E-state index contributed by atoms with van der Waals surface area (Å²) < 4.78 is 0. The molecule has 5 nitrogen and oxygen atoms in total. The van der Waals surface area contributed by atoms with E-state index in [-0.39, 0.29) is 36.8 Å². The molecule has 1 fully saturated rings. The van der Waals surface area contributed by atoms with Crippen molar-refractivity contribution in [3.8, 4) is 0 Å². The molecular formula is C17H26ClN3O2. The van der Waals surface area contributed by atoms with E-state index in [9.17, 15) is 9.59 Å². The summed E-state index contributed by atoms with van der Waals surface area (Å²) in [7, 11) is 0. The predicted octanol–water partition coefficient (Wildman–Crippen LogP) is 1.33. The fourth-order valence-electron chi connectivity index (χ4n) is 2.53. The maximum atomic E-state index is 11.8. The van der Waals surface area contributed by atoms with Crippen molar-refractivity contribution in [2.45, 2.75) is 38.6 Å². The molecule has 0 aliphatic carbocycles. The summed E-state index contributed by atoms with van der Waals surface area (Å²) in [6, 6.07) is 8.33. The van der Waals surface area contributed by atoms with E-state index < -0.39 is 0 Å². The van der Waals surface area contributed by atoms with Crippen molar-refractivity contribution in [2.75, 3.05) is 19.6 Å². The molecule has 2 rings (SSSR count). The maximum absolute atomic E-state index is 11.8. The highest BCUT2D eigenvalue weighted by Crippen LogP contribution is 2.05. The smallest absolute Gasteiger partial charge is 0.239 e. The zero-order valence-electron chi connectivity index (χ0n) is 13.6. The monoisotopic (exact) mass is 339 g/mol. The second-order valence-corrected chi connectivity index (χ2v) is 5.87. The van der Waals surface area contributed by atoms with Gasteiger partial charge in [0, 0.05) is 19.0 Å². The molecule has 2 amide bonds. The van der Waals surface area contributed by atoms with Gasteiger partial charge in [0.1, 0.15) is 0 Å². The fraction of sp³-hybridized carbons (Fsp3) is 0.529. The number of amides is 2. The van der Waals surface area contributed by atoms with E-state index in [1.807, 2.05) is 31.2 Å². The average Bonchev–Trinajstić information content (AvgIpc) is 2.53. The summed E-state index contributed by atoms with van der Waals surface area (Å²) in [5, 5.41) is 8.87. The van der Waals surface area contributed by atoms with Crippen molar-refractivity contribution < 1.29 is 9.59 Å². The normalized spacial score (nSPS) is 17.0. The summed E-state index contributed by atoms with van der Waals surface area (Å²) in [6.07, 6.45) is 3.18. The lowest BCUT2D eigenvalue weighted by Crippen LogP contribution is -2.48. The highest BCUT2D eigenvalue weighted by molar-refractivity contribution is 5.85. The van der Waals surface area contributed by atoms with Crippen LogP contribution >= 0.6 is 12.4 Å². The van der Waals surface area contributed by atoms with Gasteiger partial charge in [0.2, 0.25) is 11.8 Å². The minimum Gasteiger partial charge on any atom is -0.351 e. The summed E-state index contributed by atoms with van der Waals surface area (Å²) >= 11 is 0. The Hall–Kier alpha value is -1.59. The zero-order chi connectivity index (χ0) is 15.8. The van der Waals surface area contributed by atoms with E-state index in [1.54, 1.807) is 0 Å². The van der Waals surface area contributed by atoms with Crippen LogP contribution in [-0.2, 0) is 16.0 Å². The summed E-state index contributed by atoms with van der Waals surface area (Å²) in [6.45, 7) is 3.93. The van der Waals surface area contributed by atoms with Gasteiger partial charge in [0.05, 0.1) is 6.54 Å². The van der Waals surface area contributed by atoms with Crippen LogP contribution in [0.2, 0.25) is 0 Å². The Balaban J connectivity index is 0.00000264. The third-order valence-corrected chi connectivity index (χ3v) is 3.87. The van der Waals surface area contributed by atoms with Gasteiger partial charge in [-0.15, -0.1) is 12.4 Å². The molecule has 0 spiro atoms. The van der Waals surface area contributed by atoms with Crippen LogP contribution in [-0.4, -0.2) is 37.5 Å². The Labute approximate surface area is 144 Å². The molecule has 3 N–H and O–H groups in total. The van der Waals surface area contributed by atoms with Gasteiger partial charge in [-0.05, 0) is 38.3 Å². The quantitative estimate of drug-likeness (QED) is 0.732. The second-order valence-electron chi connectivity index (χ2n) is 5.87. The highest BCUT2D eigenvalue weighted by atomic mass is 35.5. The average molecular weight is 340 g/mol. The fourth-order valence-corrected chi connectivity index (χ4v) is 2.53. The minimum atomic E-state index is -0.114. The first-order chi connectivity index (χ1) is 10.6. The number of carbonyl (C=O) groups is 2. The first kappa shape index (κ1) is 19.5. The Morgan fingerprint density at radius 1 is 1.22 bits per heavy atom. The van der Waals surface area contributed by atoms with Crippen LogP contribution in [0.15, 0.2) is 24.3 Å². The van der Waals surface area contributed by atoms with E-state index in [2.05, 4.69) is 16.0 Å². The maximum Gasteiger partial charge on any atom is 0.239 e. The van der Waals surface area contributed by atoms with Crippen LogP contribution in [0.5, 0.6) is 0 Å². The topological polar surface area (TPSA) is 70.2 Å². The molecule has 128 valence electrons. The molecule has 23 heavy (non-hydrogen) atoms. The van der Waals surface area contributed by atoms with Gasteiger partial charge in [0.25, 0.3) is 0 Å². The summed E-state index contributed by atoms with van der Waals surface area (Å²) in [5.74, 6) is -0.199. The molecule has 0 unspecified atom stereocenters. The van der Waals surface area contributed by atoms with Crippen LogP contribution < -0.4 is 16.0 Å². The Morgan fingerprint density at radius 3 is 2.61 bits per heavy atom. The number of halogens is 1. The number of carbonyl (C=O) groups excluding carboxylic acids is 2. The van der Waals surface area contributed by atoms with E-state index in [1.165, 1.54) is 5.56 Å². The number of nitrogens with one attached hydrogen (secondary N) is 3. The summed E-state index contributed by atoms with van der Waals surface area (Å²) in [5.41, 5.74) is 2.35. The van der Waals surface area contributed by atoms with Crippen LogP contribution in [0.25, 0.3) is 0 Å². The molecule has 1 aliphatic heterocycles. The molecule has 1 atom stereocenters. The Kier molecular flexibility index (Phi) is 8.66. The largest absolute Gasteiger partial charge is 0.351 e. The lowest BCUT2D eigenvalue weighted by molar-refractivity contribution is -0.126. The van der Waals surface area contributed by atoms with E-state index in [4.69, 9.17) is 0 Å². The second kappa shape index (κ2) is 10.2. The van der Waals surface area contributed by atoms with Gasteiger partial charge < -0.3 is 16.0 Å². The number of aryl methyl sites for hydroxylation is 2. The molecule has 0 aromatic heterocycles. The third-order valence-electron chi connectivity index (χ3n) is 3.87. The predicted molar refractivity (Wildman–Crippen MR) is 93.8 cm³/mol. The van der Waals surface area contributed by atoms with Crippen molar-refractivity contribution in [1.29, 1.82) is 0 Å². The molecule has 0 radical (unpaired) electrons. The first-order valence-electron chi connectivity index (χ1n) is 7.96. The lowest BCUT2D eigenvalue weighted by Gasteiger charge is -2.23. The SMILES string of the molecule is Cc1ccc(CCC(=O)NCC(=O)N[C@H]2CCCNC2)cc1.Cl.